The molecular formula is C25H48O10. The lowest BCUT2D eigenvalue weighted by molar-refractivity contribution is -0.169. The third-order valence-electron chi connectivity index (χ3n) is 5.00. The van der Waals surface area contributed by atoms with E-state index in [4.69, 9.17) is 42.6 Å². The molecule has 35 heavy (non-hydrogen) atoms. The van der Waals surface area contributed by atoms with Crippen molar-refractivity contribution in [2.75, 3.05) is 99.1 Å². The molecule has 1 aliphatic heterocycles. The second-order valence-electron chi connectivity index (χ2n) is 8.02. The van der Waals surface area contributed by atoms with Crippen LogP contribution in [-0.4, -0.2) is 111 Å². The molecule has 0 aromatic carbocycles. The molecule has 1 heterocycles. The van der Waals surface area contributed by atoms with Crippen LogP contribution in [0.2, 0.25) is 0 Å². The summed E-state index contributed by atoms with van der Waals surface area (Å²) in [6.07, 6.45) is 6.72. The minimum atomic E-state index is -0.153. The van der Waals surface area contributed by atoms with Gasteiger partial charge in [0, 0.05) is 13.0 Å². The van der Waals surface area contributed by atoms with Gasteiger partial charge >= 0.3 is 5.97 Å². The Hall–Kier alpha value is -0.850. The van der Waals surface area contributed by atoms with E-state index in [1.54, 1.807) is 0 Å². The Morgan fingerprint density at radius 1 is 0.657 bits per heavy atom. The molecule has 10 nitrogen and oxygen atoms in total. The molecule has 0 N–H and O–H groups in total. The summed E-state index contributed by atoms with van der Waals surface area (Å²) in [5.74, 6) is -0.153. The molecule has 1 atom stereocenters. The van der Waals surface area contributed by atoms with E-state index in [0.29, 0.717) is 98.9 Å². The van der Waals surface area contributed by atoms with Crippen LogP contribution in [0.1, 0.15) is 51.9 Å². The predicted molar refractivity (Wildman–Crippen MR) is 130 cm³/mol. The summed E-state index contributed by atoms with van der Waals surface area (Å²) >= 11 is 0. The topological polar surface area (TPSA) is 100 Å². The highest BCUT2D eigenvalue weighted by Crippen LogP contribution is 2.13. The molecule has 1 saturated heterocycles. The number of carbonyl (C=O) groups excluding carboxylic acids is 1. The largest absolute Gasteiger partial charge is 0.463 e. The molecular weight excluding hydrogens is 460 g/mol. The Morgan fingerprint density at radius 2 is 1.14 bits per heavy atom. The molecule has 0 spiro atoms. The fourth-order valence-corrected chi connectivity index (χ4v) is 3.09. The number of esters is 1. The molecule has 0 bridgehead atoms. The molecule has 0 aromatic rings. The van der Waals surface area contributed by atoms with Crippen molar-refractivity contribution in [3.05, 3.63) is 0 Å². The molecule has 10 heteroatoms. The SMILES string of the molecule is CCCCCC(=O)OCCOCCOCCOCCOCCOCCOCCOC1CCCCO1. The minimum Gasteiger partial charge on any atom is -0.463 e. The van der Waals surface area contributed by atoms with E-state index in [1.165, 1.54) is 6.42 Å². The van der Waals surface area contributed by atoms with Gasteiger partial charge in [0.1, 0.15) is 6.61 Å². The summed E-state index contributed by atoms with van der Waals surface area (Å²) in [5.41, 5.74) is 0. The lowest BCUT2D eigenvalue weighted by Gasteiger charge is -2.22. The summed E-state index contributed by atoms with van der Waals surface area (Å²) < 4.78 is 48.8. The summed E-state index contributed by atoms with van der Waals surface area (Å²) in [6, 6.07) is 0. The second-order valence-corrected chi connectivity index (χ2v) is 8.02. The smallest absolute Gasteiger partial charge is 0.305 e. The van der Waals surface area contributed by atoms with Crippen molar-refractivity contribution in [3.63, 3.8) is 0 Å². The molecule has 1 aliphatic rings. The van der Waals surface area contributed by atoms with Crippen LogP contribution in [-0.2, 0) is 47.4 Å². The van der Waals surface area contributed by atoms with Crippen molar-refractivity contribution in [1.29, 1.82) is 0 Å². The van der Waals surface area contributed by atoms with Crippen LogP contribution in [0.3, 0.4) is 0 Å². The second kappa shape index (κ2) is 26.2. The van der Waals surface area contributed by atoms with Gasteiger partial charge < -0.3 is 42.6 Å². The molecule has 0 aromatic heterocycles. The maximum Gasteiger partial charge on any atom is 0.305 e. The van der Waals surface area contributed by atoms with Crippen LogP contribution in [0.15, 0.2) is 0 Å². The van der Waals surface area contributed by atoms with Gasteiger partial charge in [0.25, 0.3) is 0 Å². The van der Waals surface area contributed by atoms with Crippen molar-refractivity contribution in [2.45, 2.75) is 58.2 Å². The minimum absolute atomic E-state index is 0.0629. The van der Waals surface area contributed by atoms with Crippen molar-refractivity contribution in [1.82, 2.24) is 0 Å². The molecule has 1 fully saturated rings. The number of rotatable bonds is 26. The van der Waals surface area contributed by atoms with Gasteiger partial charge in [-0.25, -0.2) is 0 Å². The molecule has 0 amide bonds. The van der Waals surface area contributed by atoms with Gasteiger partial charge in [0.05, 0.1) is 85.9 Å². The van der Waals surface area contributed by atoms with E-state index < -0.39 is 0 Å². The Balaban J connectivity index is 1.64. The lowest BCUT2D eigenvalue weighted by atomic mass is 10.2. The number of ether oxygens (including phenoxy) is 9. The summed E-state index contributed by atoms with van der Waals surface area (Å²) in [7, 11) is 0. The van der Waals surface area contributed by atoms with Crippen LogP contribution < -0.4 is 0 Å². The Bertz CT molecular complexity index is 446. The fraction of sp³-hybridized carbons (Fsp3) is 0.960. The third-order valence-corrected chi connectivity index (χ3v) is 5.00. The maximum atomic E-state index is 11.4. The van der Waals surface area contributed by atoms with Gasteiger partial charge in [0.2, 0.25) is 0 Å². The van der Waals surface area contributed by atoms with E-state index in [1.807, 2.05) is 0 Å². The van der Waals surface area contributed by atoms with E-state index in [2.05, 4.69) is 6.92 Å². The van der Waals surface area contributed by atoms with Crippen LogP contribution >= 0.6 is 0 Å². The molecule has 0 saturated carbocycles. The van der Waals surface area contributed by atoms with Crippen LogP contribution in [0.4, 0.5) is 0 Å². The van der Waals surface area contributed by atoms with E-state index in [9.17, 15) is 4.79 Å². The number of hydrogen-bond donors (Lipinski definition) is 0. The average molecular weight is 509 g/mol. The Morgan fingerprint density at radius 3 is 1.60 bits per heavy atom. The normalized spacial score (nSPS) is 16.0. The maximum absolute atomic E-state index is 11.4. The van der Waals surface area contributed by atoms with E-state index in [-0.39, 0.29) is 12.3 Å². The standard InChI is InChI=1S/C25H48O10/c1-2-3-4-7-24(26)33-22-20-31-18-16-29-14-12-27-10-11-28-13-15-30-17-19-32-21-23-35-25-8-5-6-9-34-25/h25H,2-23H2,1H3. The summed E-state index contributed by atoms with van der Waals surface area (Å²) in [6.45, 7) is 9.75. The first-order valence-corrected chi connectivity index (χ1v) is 13.2. The first-order chi connectivity index (χ1) is 17.3. The van der Waals surface area contributed by atoms with Crippen LogP contribution in [0.5, 0.6) is 0 Å². The zero-order chi connectivity index (χ0) is 25.1. The zero-order valence-electron chi connectivity index (χ0n) is 21.7. The molecule has 1 unspecified atom stereocenters. The molecule has 0 aliphatic carbocycles. The van der Waals surface area contributed by atoms with Gasteiger partial charge in [-0.3, -0.25) is 4.79 Å². The van der Waals surface area contributed by atoms with Gasteiger partial charge in [-0.15, -0.1) is 0 Å². The molecule has 1 rings (SSSR count). The highest BCUT2D eigenvalue weighted by Gasteiger charge is 2.13. The van der Waals surface area contributed by atoms with Gasteiger partial charge in [-0.1, -0.05) is 19.8 Å². The number of carbonyl (C=O) groups is 1. The average Bonchev–Trinajstić information content (AvgIpc) is 2.88. The summed E-state index contributed by atoms with van der Waals surface area (Å²) in [5, 5.41) is 0. The third kappa shape index (κ3) is 23.3. The fourth-order valence-electron chi connectivity index (χ4n) is 3.09. The first-order valence-electron chi connectivity index (χ1n) is 13.2. The number of hydrogen-bond acceptors (Lipinski definition) is 10. The molecule has 208 valence electrons. The highest BCUT2D eigenvalue weighted by molar-refractivity contribution is 5.69. The van der Waals surface area contributed by atoms with Crippen LogP contribution in [0, 0.1) is 0 Å². The lowest BCUT2D eigenvalue weighted by Crippen LogP contribution is -2.24. The quantitative estimate of drug-likeness (QED) is 0.128. The monoisotopic (exact) mass is 508 g/mol. The van der Waals surface area contributed by atoms with Gasteiger partial charge in [0.15, 0.2) is 6.29 Å². The van der Waals surface area contributed by atoms with E-state index in [0.717, 1.165) is 38.7 Å². The first kappa shape index (κ1) is 32.2. The number of unbranched alkanes of at least 4 members (excludes halogenated alkanes) is 2. The predicted octanol–water partition coefficient (Wildman–Crippen LogP) is 2.75. The molecule has 0 radical (unpaired) electrons. The van der Waals surface area contributed by atoms with Crippen molar-refractivity contribution < 1.29 is 47.4 Å². The van der Waals surface area contributed by atoms with Gasteiger partial charge in [-0.05, 0) is 25.7 Å². The van der Waals surface area contributed by atoms with Crippen molar-refractivity contribution in [2.24, 2.45) is 0 Å². The zero-order valence-corrected chi connectivity index (χ0v) is 21.7. The van der Waals surface area contributed by atoms with Gasteiger partial charge in [-0.2, -0.15) is 0 Å². The van der Waals surface area contributed by atoms with Crippen molar-refractivity contribution >= 4 is 5.97 Å². The highest BCUT2D eigenvalue weighted by atomic mass is 16.7. The summed E-state index contributed by atoms with van der Waals surface area (Å²) in [4.78, 5) is 11.4. The Labute approximate surface area is 211 Å². The van der Waals surface area contributed by atoms with Crippen molar-refractivity contribution in [3.8, 4) is 0 Å². The van der Waals surface area contributed by atoms with E-state index >= 15 is 0 Å². The van der Waals surface area contributed by atoms with Crippen LogP contribution in [0.25, 0.3) is 0 Å². The Kier molecular flexibility index (Phi) is 24.1.